The molecule has 5 rings (SSSR count). The molecule has 8 bridgehead atoms. The second-order valence-electron chi connectivity index (χ2n) is 23.1. The van der Waals surface area contributed by atoms with Crippen molar-refractivity contribution in [1.29, 1.82) is 0 Å². The van der Waals surface area contributed by atoms with E-state index in [0.717, 1.165) is 80.8 Å². The van der Waals surface area contributed by atoms with Crippen molar-refractivity contribution in [2.45, 2.75) is 209 Å². The summed E-state index contributed by atoms with van der Waals surface area (Å²) in [5, 5.41) is 0. The van der Waals surface area contributed by atoms with Crippen molar-refractivity contribution < 1.29 is 18.9 Å². The van der Waals surface area contributed by atoms with Gasteiger partial charge in [0, 0.05) is 25.7 Å². The lowest BCUT2D eigenvalue weighted by Crippen LogP contribution is -2.18. The van der Waals surface area contributed by atoms with Gasteiger partial charge in [-0.05, 0) is 108 Å². The molecule has 4 nitrogen and oxygen atoms in total. The lowest BCUT2D eigenvalue weighted by molar-refractivity contribution is 0.296. The summed E-state index contributed by atoms with van der Waals surface area (Å²) in [7, 11) is 1.86. The number of hydrogen-bond donors (Lipinski definition) is 0. The van der Waals surface area contributed by atoms with E-state index in [4.69, 9.17) is 18.9 Å². The molecular weight excluding hydrogens is 785 g/mol. The van der Waals surface area contributed by atoms with Crippen molar-refractivity contribution in [3.05, 3.63) is 115 Å². The summed E-state index contributed by atoms with van der Waals surface area (Å²) in [6.45, 7) is 36.9. The molecule has 352 valence electrons. The summed E-state index contributed by atoms with van der Waals surface area (Å²) in [5.41, 5.74) is 14.7. The highest BCUT2D eigenvalue weighted by atomic mass is 16.5. The average Bonchev–Trinajstić information content (AvgIpc) is 3.19. The smallest absolute Gasteiger partial charge is 0.126 e. The van der Waals surface area contributed by atoms with Crippen LogP contribution in [0.1, 0.15) is 228 Å². The molecule has 1 aliphatic rings. The van der Waals surface area contributed by atoms with E-state index in [0.29, 0.717) is 45.5 Å². The van der Waals surface area contributed by atoms with Crippen LogP contribution in [-0.2, 0) is 47.3 Å². The summed E-state index contributed by atoms with van der Waals surface area (Å²) in [4.78, 5) is 0. The topological polar surface area (TPSA) is 36.9 Å². The maximum Gasteiger partial charge on any atom is 0.126 e. The van der Waals surface area contributed by atoms with Gasteiger partial charge in [-0.2, -0.15) is 0 Å². The zero-order valence-corrected chi connectivity index (χ0v) is 43.6. The van der Waals surface area contributed by atoms with Crippen molar-refractivity contribution in [3.8, 4) is 23.0 Å². The molecule has 0 atom stereocenters. The first-order valence-electron chi connectivity index (χ1n) is 25.2. The first-order valence-corrected chi connectivity index (χ1v) is 25.2. The number of benzene rings is 4. The third kappa shape index (κ3) is 13.1. The zero-order chi connectivity index (χ0) is 47.0. The van der Waals surface area contributed by atoms with E-state index in [2.05, 4.69) is 152 Å². The molecule has 0 unspecified atom stereocenters. The minimum atomic E-state index is -0.0785. The number of methoxy groups -OCH3 is 1. The SMILES string of the molecule is CCCCCOc1c2cc(C(C)(C)C)cc1Cc1cc(C(C)(C)C)cc(c1OCCCCC)Cc1cc(C(C)(C)C)cc(c1OCCCCC)Cc1cc(C(C)(C)C)cc(c1OC)C2. The van der Waals surface area contributed by atoms with Crippen LogP contribution >= 0.6 is 0 Å². The first-order chi connectivity index (χ1) is 30.1. The summed E-state index contributed by atoms with van der Waals surface area (Å²) in [5.74, 6) is 4.02. The summed E-state index contributed by atoms with van der Waals surface area (Å²) in [6.07, 6.45) is 12.8. The second-order valence-corrected chi connectivity index (χ2v) is 23.1. The second kappa shape index (κ2) is 21.6. The van der Waals surface area contributed by atoms with Crippen LogP contribution in [0.2, 0.25) is 0 Å². The Labute approximate surface area is 391 Å². The molecule has 0 heterocycles. The summed E-state index contributed by atoms with van der Waals surface area (Å²) < 4.78 is 27.9. The van der Waals surface area contributed by atoms with Crippen LogP contribution in [0.5, 0.6) is 23.0 Å². The number of hydrogen-bond acceptors (Lipinski definition) is 4. The Morgan fingerprint density at radius 3 is 0.703 bits per heavy atom. The number of fused-ring (bicyclic) bond motifs is 8. The average molecular weight is 873 g/mol. The van der Waals surface area contributed by atoms with Crippen molar-refractivity contribution in [1.82, 2.24) is 0 Å². The third-order valence-corrected chi connectivity index (χ3v) is 13.1. The fourth-order valence-corrected chi connectivity index (χ4v) is 9.02. The van der Waals surface area contributed by atoms with Gasteiger partial charge in [-0.3, -0.25) is 0 Å². The van der Waals surface area contributed by atoms with Crippen molar-refractivity contribution in [2.24, 2.45) is 0 Å². The summed E-state index contributed by atoms with van der Waals surface area (Å²) in [6, 6.07) is 19.5. The molecular formula is C60H88O4. The zero-order valence-electron chi connectivity index (χ0n) is 43.6. The van der Waals surface area contributed by atoms with E-state index in [1.807, 2.05) is 7.11 Å². The molecule has 0 saturated carbocycles. The Kier molecular flexibility index (Phi) is 17.2. The number of unbranched alkanes of at least 4 members (excludes halogenated alkanes) is 6. The molecule has 0 amide bonds. The molecule has 0 aliphatic heterocycles. The molecule has 0 N–H and O–H groups in total. The van der Waals surface area contributed by atoms with Crippen molar-refractivity contribution >= 4 is 0 Å². The molecule has 0 spiro atoms. The predicted octanol–water partition coefficient (Wildman–Crippen LogP) is 16.3. The standard InChI is InChI=1S/C60H88O4/c1-17-20-23-26-62-54-43-29-41-33-49(57(4,5)6)34-42(53(41)61-16)30-44-36-51(59(10,11)12)38-46(55(44)63-27-24-21-18-2)32-48-40-52(60(13,14)15)39-47(56(48)64-28-25-22-19-3)31-45(54)37-50(35-43)58(7,8)9/h33-40H,17-32H2,1-16H3. The Balaban J connectivity index is 1.97. The largest absolute Gasteiger partial charge is 0.496 e. The molecule has 0 radical (unpaired) electrons. The molecule has 0 aromatic heterocycles. The molecule has 4 aromatic carbocycles. The van der Waals surface area contributed by atoms with Gasteiger partial charge in [0.25, 0.3) is 0 Å². The van der Waals surface area contributed by atoms with E-state index < -0.39 is 0 Å². The highest BCUT2D eigenvalue weighted by molar-refractivity contribution is 5.60. The van der Waals surface area contributed by atoms with Crippen LogP contribution in [0.25, 0.3) is 0 Å². The molecule has 1 aliphatic carbocycles. The molecule has 64 heavy (non-hydrogen) atoms. The van der Waals surface area contributed by atoms with Crippen molar-refractivity contribution in [3.63, 3.8) is 0 Å². The summed E-state index contributed by atoms with van der Waals surface area (Å²) >= 11 is 0. The maximum atomic E-state index is 7.14. The van der Waals surface area contributed by atoms with E-state index in [1.165, 1.54) is 66.8 Å². The van der Waals surface area contributed by atoms with E-state index in [1.54, 1.807) is 0 Å². The Bertz CT molecular complexity index is 2030. The van der Waals surface area contributed by atoms with Crippen LogP contribution in [0, 0.1) is 0 Å². The molecule has 4 aromatic rings. The van der Waals surface area contributed by atoms with E-state index >= 15 is 0 Å². The fourth-order valence-electron chi connectivity index (χ4n) is 9.02. The minimum Gasteiger partial charge on any atom is -0.496 e. The van der Waals surface area contributed by atoms with Gasteiger partial charge in [0.1, 0.15) is 23.0 Å². The number of rotatable bonds is 16. The van der Waals surface area contributed by atoms with Gasteiger partial charge in [0.05, 0.1) is 26.9 Å². The van der Waals surface area contributed by atoms with Gasteiger partial charge in [-0.25, -0.2) is 0 Å². The van der Waals surface area contributed by atoms with Gasteiger partial charge in [-0.1, -0.05) is 191 Å². The predicted molar refractivity (Wildman–Crippen MR) is 273 cm³/mol. The van der Waals surface area contributed by atoms with Crippen LogP contribution < -0.4 is 18.9 Å². The van der Waals surface area contributed by atoms with Crippen LogP contribution in [0.4, 0.5) is 0 Å². The Morgan fingerprint density at radius 1 is 0.328 bits per heavy atom. The highest BCUT2D eigenvalue weighted by Gasteiger charge is 2.29. The van der Waals surface area contributed by atoms with E-state index in [-0.39, 0.29) is 21.7 Å². The molecule has 0 fully saturated rings. The van der Waals surface area contributed by atoms with Gasteiger partial charge in [0.15, 0.2) is 0 Å². The lowest BCUT2D eigenvalue weighted by atomic mass is 9.79. The normalized spacial score (nSPS) is 13.5. The van der Waals surface area contributed by atoms with Gasteiger partial charge in [0.2, 0.25) is 0 Å². The maximum absolute atomic E-state index is 7.14. The third-order valence-electron chi connectivity index (χ3n) is 13.1. The minimum absolute atomic E-state index is 0.0760. The Morgan fingerprint density at radius 2 is 0.531 bits per heavy atom. The quantitative estimate of drug-likeness (QED) is 0.0926. The number of ether oxygens (including phenoxy) is 4. The Hall–Kier alpha value is -3.92. The molecule has 0 saturated heterocycles. The lowest BCUT2D eigenvalue weighted by Gasteiger charge is -2.29. The van der Waals surface area contributed by atoms with E-state index in [9.17, 15) is 0 Å². The van der Waals surface area contributed by atoms with Crippen molar-refractivity contribution in [2.75, 3.05) is 26.9 Å². The molecule has 4 heteroatoms. The van der Waals surface area contributed by atoms with Crippen LogP contribution in [0.3, 0.4) is 0 Å². The fraction of sp³-hybridized carbons (Fsp3) is 0.600. The van der Waals surface area contributed by atoms with Crippen LogP contribution in [0.15, 0.2) is 48.5 Å². The van der Waals surface area contributed by atoms with Gasteiger partial charge in [-0.15, -0.1) is 0 Å². The highest BCUT2D eigenvalue weighted by Crippen LogP contribution is 2.44. The van der Waals surface area contributed by atoms with Crippen LogP contribution in [-0.4, -0.2) is 26.9 Å². The monoisotopic (exact) mass is 873 g/mol. The first kappa shape index (κ1) is 51.1. The van der Waals surface area contributed by atoms with Gasteiger partial charge < -0.3 is 18.9 Å². The van der Waals surface area contributed by atoms with Gasteiger partial charge >= 0.3 is 0 Å².